The molecule has 30 heavy (non-hydrogen) atoms. The number of allylic oxidation sites excluding steroid dienone is 2. The normalized spacial score (nSPS) is 19.4. The van der Waals surface area contributed by atoms with Crippen molar-refractivity contribution in [1.82, 2.24) is 0 Å². The Morgan fingerprint density at radius 3 is 1.97 bits per heavy atom. The second-order valence-electron chi connectivity index (χ2n) is 9.08. The molecule has 1 heteroatoms. The second-order valence-corrected chi connectivity index (χ2v) is 9.08. The summed E-state index contributed by atoms with van der Waals surface area (Å²) < 4.78 is 12.2. The third-order valence-corrected chi connectivity index (χ3v) is 6.71. The first-order valence-electron chi connectivity index (χ1n) is 12.2. The monoisotopic (exact) mass is 406 g/mol. The molecule has 2 aromatic rings. The Labute approximate surface area is 183 Å². The van der Waals surface area contributed by atoms with Crippen LogP contribution in [-0.4, -0.2) is 6.67 Å². The lowest BCUT2D eigenvalue weighted by atomic mass is 9.79. The Morgan fingerprint density at radius 2 is 1.40 bits per heavy atom. The summed E-state index contributed by atoms with van der Waals surface area (Å²) in [5, 5.41) is 0. The van der Waals surface area contributed by atoms with Crippen LogP contribution in [0.15, 0.2) is 60.7 Å². The highest BCUT2D eigenvalue weighted by Crippen LogP contribution is 2.32. The van der Waals surface area contributed by atoms with E-state index in [0.717, 1.165) is 18.3 Å². The molecule has 0 spiro atoms. The number of rotatable bonds is 11. The maximum atomic E-state index is 12.2. The van der Waals surface area contributed by atoms with Crippen molar-refractivity contribution in [2.45, 2.75) is 77.6 Å². The minimum Gasteiger partial charge on any atom is -0.251 e. The average molecular weight is 407 g/mol. The predicted octanol–water partition coefficient (Wildman–Crippen LogP) is 8.74. The summed E-state index contributed by atoms with van der Waals surface area (Å²) in [7, 11) is 0. The van der Waals surface area contributed by atoms with Crippen LogP contribution in [0.1, 0.15) is 75.8 Å². The average Bonchev–Trinajstić information content (AvgIpc) is 2.81. The quantitative estimate of drug-likeness (QED) is 0.258. The molecule has 1 aliphatic carbocycles. The van der Waals surface area contributed by atoms with Crippen molar-refractivity contribution in [3.63, 3.8) is 0 Å². The Balaban J connectivity index is 1.41. The maximum Gasteiger partial charge on any atom is 0.0897 e. The molecule has 0 aliphatic heterocycles. The van der Waals surface area contributed by atoms with Gasteiger partial charge in [0.1, 0.15) is 0 Å². The van der Waals surface area contributed by atoms with Crippen LogP contribution in [-0.2, 0) is 12.8 Å². The number of benzene rings is 2. The summed E-state index contributed by atoms with van der Waals surface area (Å²) in [6.07, 6.45) is 17.6. The molecular formula is C29H39F. The van der Waals surface area contributed by atoms with Gasteiger partial charge in [0.05, 0.1) is 6.67 Å². The summed E-state index contributed by atoms with van der Waals surface area (Å²) in [6.45, 7) is 2.06. The van der Waals surface area contributed by atoms with Gasteiger partial charge in [0.15, 0.2) is 0 Å². The van der Waals surface area contributed by atoms with Crippen molar-refractivity contribution in [1.29, 1.82) is 0 Å². The highest BCUT2D eigenvalue weighted by Gasteiger charge is 2.19. The van der Waals surface area contributed by atoms with E-state index < -0.39 is 0 Å². The molecular weight excluding hydrogens is 367 g/mol. The Hall–Kier alpha value is -1.89. The number of hydrogen-bond donors (Lipinski definition) is 0. The van der Waals surface area contributed by atoms with Gasteiger partial charge in [-0.05, 0) is 98.3 Å². The lowest BCUT2D eigenvalue weighted by Crippen LogP contribution is -2.13. The zero-order chi connectivity index (χ0) is 21.0. The third-order valence-electron chi connectivity index (χ3n) is 6.71. The molecule has 3 rings (SSSR count). The molecule has 0 N–H and O–H groups in total. The van der Waals surface area contributed by atoms with Crippen molar-refractivity contribution in [2.24, 2.45) is 11.8 Å². The molecule has 0 nitrogen and oxygen atoms in total. The zero-order valence-corrected chi connectivity index (χ0v) is 18.8. The molecule has 0 unspecified atom stereocenters. The fourth-order valence-electron chi connectivity index (χ4n) is 4.63. The lowest BCUT2D eigenvalue weighted by Gasteiger charge is -2.26. The summed E-state index contributed by atoms with van der Waals surface area (Å²) in [6, 6.07) is 18.3. The van der Waals surface area contributed by atoms with Gasteiger partial charge in [0.25, 0.3) is 0 Å². The molecule has 0 heterocycles. The van der Waals surface area contributed by atoms with Crippen LogP contribution in [0, 0.1) is 11.8 Å². The van der Waals surface area contributed by atoms with Gasteiger partial charge in [0.2, 0.25) is 0 Å². The van der Waals surface area contributed by atoms with Crippen LogP contribution in [0.2, 0.25) is 0 Å². The molecule has 0 aromatic heterocycles. The minimum absolute atomic E-state index is 0.191. The van der Waals surface area contributed by atoms with Crippen LogP contribution in [0.5, 0.6) is 0 Å². The highest BCUT2D eigenvalue weighted by molar-refractivity contribution is 5.64. The number of halogens is 1. The maximum absolute atomic E-state index is 12.2. The Bertz CT molecular complexity index is 733. The van der Waals surface area contributed by atoms with Crippen LogP contribution in [0.3, 0.4) is 0 Å². The van der Waals surface area contributed by atoms with Crippen LogP contribution < -0.4 is 0 Å². The van der Waals surface area contributed by atoms with Gasteiger partial charge in [-0.15, -0.1) is 0 Å². The van der Waals surface area contributed by atoms with Crippen molar-refractivity contribution in [3.8, 4) is 11.1 Å². The van der Waals surface area contributed by atoms with E-state index in [2.05, 4.69) is 67.6 Å². The predicted molar refractivity (Wildman–Crippen MR) is 129 cm³/mol. The van der Waals surface area contributed by atoms with Gasteiger partial charge in [0, 0.05) is 0 Å². The first-order valence-corrected chi connectivity index (χ1v) is 12.2. The first kappa shape index (κ1) is 22.8. The molecule has 1 fully saturated rings. The molecule has 162 valence electrons. The van der Waals surface area contributed by atoms with Gasteiger partial charge in [-0.3, -0.25) is 4.39 Å². The third kappa shape index (κ3) is 7.42. The molecule has 0 saturated heterocycles. The van der Waals surface area contributed by atoms with Gasteiger partial charge < -0.3 is 0 Å². The SMILES string of the molecule is CCCCc1ccc(-c2ccc(CC[C@H]3CC[C@H](/C=C/CCCF)CC3)cc2)cc1. The van der Waals surface area contributed by atoms with E-state index in [1.54, 1.807) is 0 Å². The van der Waals surface area contributed by atoms with Crippen molar-refractivity contribution in [3.05, 3.63) is 71.8 Å². The minimum atomic E-state index is -0.191. The van der Waals surface area contributed by atoms with Gasteiger partial charge >= 0.3 is 0 Å². The van der Waals surface area contributed by atoms with E-state index in [9.17, 15) is 4.39 Å². The van der Waals surface area contributed by atoms with Crippen LogP contribution in [0.25, 0.3) is 11.1 Å². The molecule has 1 aliphatic rings. The standard InChI is InChI=1S/C29H39F/c1-2-3-7-24-15-19-28(20-16-24)29-21-17-27(18-22-29)14-13-26-11-9-25(10-12-26)8-5-4-6-23-30/h5,8,15-22,25-26H,2-4,6-7,9-14,23H2,1H3/b8-5+/t25-,26-. The molecule has 0 amide bonds. The van der Waals surface area contributed by atoms with Gasteiger partial charge in [-0.1, -0.05) is 74.0 Å². The fourth-order valence-corrected chi connectivity index (χ4v) is 4.63. The van der Waals surface area contributed by atoms with E-state index in [0.29, 0.717) is 6.42 Å². The Kier molecular flexibility index (Phi) is 9.67. The molecule has 2 aromatic carbocycles. The van der Waals surface area contributed by atoms with Crippen molar-refractivity contribution in [2.75, 3.05) is 6.67 Å². The van der Waals surface area contributed by atoms with E-state index >= 15 is 0 Å². The van der Waals surface area contributed by atoms with Crippen molar-refractivity contribution < 1.29 is 4.39 Å². The number of hydrogen-bond acceptors (Lipinski definition) is 0. The van der Waals surface area contributed by atoms with E-state index in [4.69, 9.17) is 0 Å². The molecule has 0 radical (unpaired) electrons. The summed E-state index contributed by atoms with van der Waals surface area (Å²) >= 11 is 0. The van der Waals surface area contributed by atoms with E-state index in [1.807, 2.05) is 0 Å². The summed E-state index contributed by atoms with van der Waals surface area (Å²) in [4.78, 5) is 0. The molecule has 0 bridgehead atoms. The first-order chi connectivity index (χ1) is 14.8. The highest BCUT2D eigenvalue weighted by atomic mass is 19.1. The fraction of sp³-hybridized carbons (Fsp3) is 0.517. The Morgan fingerprint density at radius 1 is 0.800 bits per heavy atom. The largest absolute Gasteiger partial charge is 0.251 e. The van der Waals surface area contributed by atoms with Gasteiger partial charge in [-0.25, -0.2) is 0 Å². The van der Waals surface area contributed by atoms with Crippen LogP contribution in [0.4, 0.5) is 4.39 Å². The molecule has 0 atom stereocenters. The number of alkyl halides is 1. The van der Waals surface area contributed by atoms with Gasteiger partial charge in [-0.2, -0.15) is 0 Å². The number of aryl methyl sites for hydroxylation is 2. The topological polar surface area (TPSA) is 0 Å². The lowest BCUT2D eigenvalue weighted by molar-refractivity contribution is 0.296. The smallest absolute Gasteiger partial charge is 0.0897 e. The zero-order valence-electron chi connectivity index (χ0n) is 18.8. The van der Waals surface area contributed by atoms with E-state index in [-0.39, 0.29) is 6.67 Å². The molecule has 1 saturated carbocycles. The van der Waals surface area contributed by atoms with E-state index in [1.165, 1.54) is 80.0 Å². The number of unbranched alkanes of at least 4 members (excludes halogenated alkanes) is 2. The summed E-state index contributed by atoms with van der Waals surface area (Å²) in [5.41, 5.74) is 5.55. The van der Waals surface area contributed by atoms with Crippen molar-refractivity contribution >= 4 is 0 Å². The van der Waals surface area contributed by atoms with Crippen LogP contribution >= 0.6 is 0 Å². The second kappa shape index (κ2) is 12.7. The summed E-state index contributed by atoms with van der Waals surface area (Å²) in [5.74, 6) is 1.60.